The molecule has 0 saturated heterocycles. The highest BCUT2D eigenvalue weighted by atomic mass is 32.1. The van der Waals surface area contributed by atoms with Gasteiger partial charge in [0.15, 0.2) is 5.11 Å². The molecule has 2 aromatic rings. The van der Waals surface area contributed by atoms with Crippen molar-refractivity contribution < 1.29 is 23.7 Å². The Bertz CT molecular complexity index is 783. The zero-order chi connectivity index (χ0) is 20.9. The lowest BCUT2D eigenvalue weighted by Gasteiger charge is -2.12. The van der Waals surface area contributed by atoms with Gasteiger partial charge >= 0.3 is 0 Å². The molecule has 0 fully saturated rings. The second-order valence-corrected chi connectivity index (χ2v) is 6.26. The summed E-state index contributed by atoms with van der Waals surface area (Å²) in [5.41, 5.74) is 1.19. The summed E-state index contributed by atoms with van der Waals surface area (Å²) in [7, 11) is 1.61. The molecule has 2 aromatic carbocycles. The fraction of sp³-hybridized carbons (Fsp3) is 0.333. The lowest BCUT2D eigenvalue weighted by atomic mass is 10.2. The molecule has 0 unspecified atom stereocenters. The molecular weight excluding hydrogens is 392 g/mol. The van der Waals surface area contributed by atoms with Crippen LogP contribution in [0.4, 0.5) is 5.69 Å². The van der Waals surface area contributed by atoms with Crippen molar-refractivity contribution in [2.45, 2.75) is 6.92 Å². The van der Waals surface area contributed by atoms with Gasteiger partial charge < -0.3 is 24.3 Å². The number of ether oxygens (including phenoxy) is 4. The van der Waals surface area contributed by atoms with Crippen LogP contribution in [-0.4, -0.2) is 51.2 Å². The molecule has 1 amide bonds. The highest BCUT2D eigenvalue weighted by Gasteiger charge is 2.09. The van der Waals surface area contributed by atoms with Gasteiger partial charge in [-0.05, 0) is 55.5 Å². The molecule has 0 aromatic heterocycles. The summed E-state index contributed by atoms with van der Waals surface area (Å²) in [4.78, 5) is 12.3. The summed E-state index contributed by atoms with van der Waals surface area (Å²) < 4.78 is 21.3. The summed E-state index contributed by atoms with van der Waals surface area (Å²) in [6.07, 6.45) is 0. The number of thiocarbonyl (C=S) groups is 1. The first-order valence-corrected chi connectivity index (χ1v) is 9.68. The SMILES string of the molecule is CCOCCOc1cccc(NC(=S)NC(=O)c2ccc(OCCOC)cc2)c1. The number of methoxy groups -OCH3 is 1. The quantitative estimate of drug-likeness (QED) is 0.428. The fourth-order valence-electron chi connectivity index (χ4n) is 2.31. The molecule has 0 atom stereocenters. The fourth-order valence-corrected chi connectivity index (χ4v) is 2.52. The second-order valence-electron chi connectivity index (χ2n) is 5.85. The van der Waals surface area contributed by atoms with E-state index in [0.29, 0.717) is 55.8 Å². The van der Waals surface area contributed by atoms with Crippen LogP contribution in [0.5, 0.6) is 11.5 Å². The molecule has 0 spiro atoms. The predicted molar refractivity (Wildman–Crippen MR) is 116 cm³/mol. The van der Waals surface area contributed by atoms with Crippen molar-refractivity contribution in [1.29, 1.82) is 0 Å². The van der Waals surface area contributed by atoms with Gasteiger partial charge in [-0.15, -0.1) is 0 Å². The Morgan fingerprint density at radius 3 is 2.41 bits per heavy atom. The van der Waals surface area contributed by atoms with Gasteiger partial charge in [-0.25, -0.2) is 0 Å². The van der Waals surface area contributed by atoms with E-state index in [1.807, 2.05) is 25.1 Å². The third-order valence-electron chi connectivity index (χ3n) is 3.69. The number of amides is 1. The monoisotopic (exact) mass is 418 g/mol. The second kappa shape index (κ2) is 12.7. The predicted octanol–water partition coefficient (Wildman–Crippen LogP) is 3.25. The molecule has 29 heavy (non-hydrogen) atoms. The van der Waals surface area contributed by atoms with E-state index in [1.165, 1.54) is 0 Å². The molecule has 0 aliphatic heterocycles. The van der Waals surface area contributed by atoms with Gasteiger partial charge in [0.25, 0.3) is 5.91 Å². The summed E-state index contributed by atoms with van der Waals surface area (Å²) >= 11 is 5.23. The molecule has 0 aliphatic carbocycles. The molecule has 0 heterocycles. The topological polar surface area (TPSA) is 78.1 Å². The zero-order valence-electron chi connectivity index (χ0n) is 16.6. The highest BCUT2D eigenvalue weighted by molar-refractivity contribution is 7.80. The molecule has 0 bridgehead atoms. The Balaban J connectivity index is 1.83. The third kappa shape index (κ3) is 8.47. The first kappa shape index (κ1) is 22.6. The van der Waals surface area contributed by atoms with E-state index in [4.69, 9.17) is 31.2 Å². The van der Waals surface area contributed by atoms with Gasteiger partial charge in [-0.1, -0.05) is 6.07 Å². The lowest BCUT2D eigenvalue weighted by molar-refractivity contribution is 0.0977. The van der Waals surface area contributed by atoms with E-state index >= 15 is 0 Å². The number of anilines is 1. The van der Waals surface area contributed by atoms with Crippen molar-refractivity contribution in [2.24, 2.45) is 0 Å². The maximum atomic E-state index is 12.3. The van der Waals surface area contributed by atoms with Gasteiger partial charge in [-0.2, -0.15) is 0 Å². The number of nitrogens with one attached hydrogen (secondary N) is 2. The van der Waals surface area contributed by atoms with Crippen LogP contribution in [0, 0.1) is 0 Å². The number of hydrogen-bond donors (Lipinski definition) is 2. The Morgan fingerprint density at radius 2 is 1.69 bits per heavy atom. The van der Waals surface area contributed by atoms with Gasteiger partial charge in [0.05, 0.1) is 13.2 Å². The molecular formula is C21H26N2O5S. The first-order valence-electron chi connectivity index (χ1n) is 9.27. The van der Waals surface area contributed by atoms with Gasteiger partial charge in [0, 0.05) is 31.0 Å². The molecule has 7 nitrogen and oxygen atoms in total. The van der Waals surface area contributed by atoms with E-state index in [9.17, 15) is 4.79 Å². The van der Waals surface area contributed by atoms with Crippen LogP contribution >= 0.6 is 12.2 Å². The maximum Gasteiger partial charge on any atom is 0.257 e. The standard InChI is InChI=1S/C21H26N2O5S/c1-3-26-12-14-28-19-6-4-5-17(15-19)22-21(29)23-20(24)16-7-9-18(10-8-16)27-13-11-25-2/h4-10,15H,3,11-14H2,1-2H3,(H2,22,23,24,29). The van der Waals surface area contributed by atoms with Crippen LogP contribution in [0.25, 0.3) is 0 Å². The van der Waals surface area contributed by atoms with Gasteiger partial charge in [-0.3, -0.25) is 10.1 Å². The highest BCUT2D eigenvalue weighted by Crippen LogP contribution is 2.17. The van der Waals surface area contributed by atoms with E-state index in [0.717, 1.165) is 0 Å². The smallest absolute Gasteiger partial charge is 0.257 e. The maximum absolute atomic E-state index is 12.3. The Kier molecular flexibility index (Phi) is 9.91. The Morgan fingerprint density at radius 1 is 0.966 bits per heavy atom. The average Bonchev–Trinajstić information content (AvgIpc) is 2.72. The number of benzene rings is 2. The molecule has 0 aliphatic rings. The van der Waals surface area contributed by atoms with Crippen molar-refractivity contribution in [1.82, 2.24) is 5.32 Å². The normalized spacial score (nSPS) is 10.3. The molecule has 156 valence electrons. The van der Waals surface area contributed by atoms with Crippen LogP contribution in [0.3, 0.4) is 0 Å². The molecule has 2 N–H and O–H groups in total. The first-order chi connectivity index (χ1) is 14.1. The minimum absolute atomic E-state index is 0.196. The van der Waals surface area contributed by atoms with Gasteiger partial charge in [0.1, 0.15) is 24.7 Å². The molecule has 2 rings (SSSR count). The lowest BCUT2D eigenvalue weighted by Crippen LogP contribution is -2.34. The number of rotatable bonds is 11. The van der Waals surface area contributed by atoms with Crippen LogP contribution < -0.4 is 20.1 Å². The summed E-state index contributed by atoms with van der Waals surface area (Å²) in [6.45, 7) is 4.53. The van der Waals surface area contributed by atoms with Crippen LogP contribution in [0.15, 0.2) is 48.5 Å². The summed E-state index contributed by atoms with van der Waals surface area (Å²) in [5, 5.41) is 5.83. The third-order valence-corrected chi connectivity index (χ3v) is 3.90. The van der Waals surface area contributed by atoms with Crippen LogP contribution in [0.1, 0.15) is 17.3 Å². The number of carbonyl (C=O) groups excluding carboxylic acids is 1. The van der Waals surface area contributed by atoms with Crippen LogP contribution in [0.2, 0.25) is 0 Å². The summed E-state index contributed by atoms with van der Waals surface area (Å²) in [5.74, 6) is 1.04. The molecule has 0 radical (unpaired) electrons. The van der Waals surface area contributed by atoms with Crippen molar-refractivity contribution >= 4 is 28.9 Å². The zero-order valence-corrected chi connectivity index (χ0v) is 17.4. The van der Waals surface area contributed by atoms with Crippen molar-refractivity contribution in [3.63, 3.8) is 0 Å². The van der Waals surface area contributed by atoms with E-state index in [2.05, 4.69) is 10.6 Å². The van der Waals surface area contributed by atoms with E-state index < -0.39 is 0 Å². The Hall–Kier alpha value is -2.68. The largest absolute Gasteiger partial charge is 0.491 e. The number of hydrogen-bond acceptors (Lipinski definition) is 6. The number of carbonyl (C=O) groups is 1. The Labute approximate surface area is 176 Å². The minimum Gasteiger partial charge on any atom is -0.491 e. The van der Waals surface area contributed by atoms with Crippen LogP contribution in [-0.2, 0) is 9.47 Å². The van der Waals surface area contributed by atoms with E-state index in [-0.39, 0.29) is 11.0 Å². The average molecular weight is 419 g/mol. The molecule has 8 heteroatoms. The molecule has 0 saturated carbocycles. The van der Waals surface area contributed by atoms with Crippen molar-refractivity contribution in [3.05, 3.63) is 54.1 Å². The van der Waals surface area contributed by atoms with Gasteiger partial charge in [0.2, 0.25) is 0 Å². The van der Waals surface area contributed by atoms with Crippen molar-refractivity contribution in [3.8, 4) is 11.5 Å². The van der Waals surface area contributed by atoms with E-state index in [1.54, 1.807) is 37.4 Å². The van der Waals surface area contributed by atoms with Crippen molar-refractivity contribution in [2.75, 3.05) is 45.5 Å². The minimum atomic E-state index is -0.310. The summed E-state index contributed by atoms with van der Waals surface area (Å²) in [6, 6.07) is 14.1.